The van der Waals surface area contributed by atoms with Crippen LogP contribution in [0.1, 0.15) is 15.2 Å². The number of anilines is 1. The van der Waals surface area contributed by atoms with Gasteiger partial charge in [0.1, 0.15) is 13.2 Å². The topological polar surface area (TPSA) is 51.7 Å². The number of thiophene rings is 1. The number of ether oxygens (including phenoxy) is 2. The van der Waals surface area contributed by atoms with E-state index in [2.05, 4.69) is 4.98 Å². The minimum absolute atomic E-state index is 0.0552. The second-order valence-corrected chi connectivity index (χ2v) is 8.25. The van der Waals surface area contributed by atoms with Crippen LogP contribution in [-0.2, 0) is 6.54 Å². The molecule has 140 valence electrons. The van der Waals surface area contributed by atoms with E-state index in [1.165, 1.54) is 11.3 Å². The van der Waals surface area contributed by atoms with Crippen molar-refractivity contribution in [2.24, 2.45) is 0 Å². The third-order valence-electron chi connectivity index (χ3n) is 4.55. The van der Waals surface area contributed by atoms with Crippen LogP contribution in [-0.4, -0.2) is 24.1 Å². The number of rotatable bonds is 4. The van der Waals surface area contributed by atoms with E-state index >= 15 is 0 Å². The molecule has 7 heteroatoms. The predicted molar refractivity (Wildman–Crippen MR) is 112 cm³/mol. The summed E-state index contributed by atoms with van der Waals surface area (Å²) in [5, 5.41) is 2.02. The molecular weight excluding hydrogens is 392 g/mol. The SMILES string of the molecule is O=C(c1ccc2ncsc2c1)N(Cc1cccs1)c1ccc2c(c1)OCCO2. The minimum atomic E-state index is -0.0552. The molecule has 28 heavy (non-hydrogen) atoms. The number of carbonyl (C=O) groups excluding carboxylic acids is 1. The lowest BCUT2D eigenvalue weighted by molar-refractivity contribution is 0.0985. The quantitative estimate of drug-likeness (QED) is 0.478. The fraction of sp³-hybridized carbons (Fsp3) is 0.143. The van der Waals surface area contributed by atoms with Gasteiger partial charge in [-0.3, -0.25) is 4.79 Å². The molecular formula is C21H16N2O3S2. The lowest BCUT2D eigenvalue weighted by atomic mass is 10.1. The van der Waals surface area contributed by atoms with E-state index in [0.717, 1.165) is 20.8 Å². The molecule has 1 aliphatic rings. The summed E-state index contributed by atoms with van der Waals surface area (Å²) in [4.78, 5) is 20.6. The molecule has 0 bridgehead atoms. The van der Waals surface area contributed by atoms with E-state index in [0.29, 0.717) is 36.8 Å². The molecule has 5 nitrogen and oxygen atoms in total. The number of carbonyl (C=O) groups is 1. The van der Waals surface area contributed by atoms with Crippen molar-refractivity contribution in [1.29, 1.82) is 0 Å². The highest BCUT2D eigenvalue weighted by Crippen LogP contribution is 2.35. The molecule has 0 fully saturated rings. The highest BCUT2D eigenvalue weighted by atomic mass is 32.1. The van der Waals surface area contributed by atoms with Crippen LogP contribution in [0.2, 0.25) is 0 Å². The molecule has 0 aliphatic carbocycles. The first-order valence-corrected chi connectivity index (χ1v) is 10.6. The normalized spacial score (nSPS) is 12.9. The molecule has 0 saturated heterocycles. The van der Waals surface area contributed by atoms with Crippen LogP contribution in [0.5, 0.6) is 11.5 Å². The first-order chi connectivity index (χ1) is 13.8. The monoisotopic (exact) mass is 408 g/mol. The number of amides is 1. The smallest absolute Gasteiger partial charge is 0.258 e. The maximum Gasteiger partial charge on any atom is 0.258 e. The Labute approximate surface area is 169 Å². The van der Waals surface area contributed by atoms with E-state index < -0.39 is 0 Å². The lowest BCUT2D eigenvalue weighted by Gasteiger charge is -2.25. The number of fused-ring (bicyclic) bond motifs is 2. The Morgan fingerprint density at radius 1 is 1.04 bits per heavy atom. The molecule has 5 rings (SSSR count). The summed E-state index contributed by atoms with van der Waals surface area (Å²) in [6.07, 6.45) is 0. The fourth-order valence-electron chi connectivity index (χ4n) is 3.18. The van der Waals surface area contributed by atoms with Crippen LogP contribution in [0.3, 0.4) is 0 Å². The van der Waals surface area contributed by atoms with Crippen molar-refractivity contribution in [1.82, 2.24) is 4.98 Å². The van der Waals surface area contributed by atoms with Gasteiger partial charge >= 0.3 is 0 Å². The minimum Gasteiger partial charge on any atom is -0.486 e. The zero-order valence-corrected chi connectivity index (χ0v) is 16.5. The highest BCUT2D eigenvalue weighted by Gasteiger charge is 2.22. The molecule has 1 amide bonds. The van der Waals surface area contributed by atoms with Gasteiger partial charge in [0.15, 0.2) is 11.5 Å². The van der Waals surface area contributed by atoms with Crippen molar-refractivity contribution in [2.45, 2.75) is 6.54 Å². The van der Waals surface area contributed by atoms with Gasteiger partial charge in [-0.15, -0.1) is 22.7 Å². The number of aromatic nitrogens is 1. The number of benzene rings is 2. The van der Waals surface area contributed by atoms with Gasteiger partial charge in [-0.1, -0.05) is 6.07 Å². The summed E-state index contributed by atoms with van der Waals surface area (Å²) < 4.78 is 12.3. The van der Waals surface area contributed by atoms with Gasteiger partial charge in [-0.2, -0.15) is 0 Å². The molecule has 0 unspecified atom stereocenters. The fourth-order valence-corrected chi connectivity index (χ4v) is 4.59. The van der Waals surface area contributed by atoms with Crippen molar-refractivity contribution in [3.63, 3.8) is 0 Å². The van der Waals surface area contributed by atoms with Crippen molar-refractivity contribution < 1.29 is 14.3 Å². The van der Waals surface area contributed by atoms with Crippen LogP contribution in [0.15, 0.2) is 59.4 Å². The molecule has 2 aromatic heterocycles. The average Bonchev–Trinajstić information content (AvgIpc) is 3.42. The zero-order valence-electron chi connectivity index (χ0n) is 14.8. The Bertz CT molecular complexity index is 1140. The number of hydrogen-bond acceptors (Lipinski definition) is 6. The molecule has 4 aromatic rings. The highest BCUT2D eigenvalue weighted by molar-refractivity contribution is 7.16. The first-order valence-electron chi connectivity index (χ1n) is 8.85. The predicted octanol–water partition coefficient (Wildman–Crippen LogP) is 4.98. The van der Waals surface area contributed by atoms with E-state index in [4.69, 9.17) is 9.47 Å². The van der Waals surface area contributed by atoms with Crippen molar-refractivity contribution >= 4 is 44.5 Å². The van der Waals surface area contributed by atoms with Gasteiger partial charge in [-0.25, -0.2) is 4.98 Å². The van der Waals surface area contributed by atoms with Crippen molar-refractivity contribution in [3.05, 3.63) is 69.9 Å². The second kappa shape index (κ2) is 7.26. The molecule has 0 N–H and O–H groups in total. The largest absolute Gasteiger partial charge is 0.486 e. The zero-order chi connectivity index (χ0) is 18.9. The van der Waals surface area contributed by atoms with E-state index in [1.807, 2.05) is 53.9 Å². The Morgan fingerprint density at radius 3 is 2.79 bits per heavy atom. The van der Waals surface area contributed by atoms with Gasteiger partial charge in [0, 0.05) is 22.2 Å². The number of hydrogen-bond donors (Lipinski definition) is 0. The second-order valence-electron chi connectivity index (χ2n) is 6.33. The maximum atomic E-state index is 13.4. The Kier molecular flexibility index (Phi) is 4.46. The molecule has 3 heterocycles. The van der Waals surface area contributed by atoms with E-state index in [-0.39, 0.29) is 5.91 Å². The van der Waals surface area contributed by atoms with Gasteiger partial charge in [0.2, 0.25) is 0 Å². The summed E-state index contributed by atoms with van der Waals surface area (Å²) in [6.45, 7) is 1.55. The third kappa shape index (κ3) is 3.23. The summed E-state index contributed by atoms with van der Waals surface area (Å²) >= 11 is 3.17. The van der Waals surface area contributed by atoms with E-state index in [9.17, 15) is 4.79 Å². The van der Waals surface area contributed by atoms with E-state index in [1.54, 1.807) is 21.7 Å². The third-order valence-corrected chi connectivity index (χ3v) is 6.21. The van der Waals surface area contributed by atoms with Gasteiger partial charge < -0.3 is 14.4 Å². The summed E-state index contributed by atoms with van der Waals surface area (Å²) in [6, 6.07) is 15.3. The molecule has 0 spiro atoms. The Morgan fingerprint density at radius 2 is 1.93 bits per heavy atom. The number of thiazole rings is 1. The van der Waals surface area contributed by atoms with Gasteiger partial charge in [0.05, 0.1) is 22.3 Å². The molecule has 0 atom stereocenters. The summed E-state index contributed by atoms with van der Waals surface area (Å²) in [7, 11) is 0. The standard InChI is InChI=1S/C21H16N2O3S2/c24-21(14-3-5-17-20(10-14)28-13-22-17)23(12-16-2-1-9-27-16)15-4-6-18-19(11-15)26-8-7-25-18/h1-6,9-11,13H,7-8,12H2. The van der Waals surface area contributed by atoms with Crippen LogP contribution in [0.4, 0.5) is 5.69 Å². The van der Waals surface area contributed by atoms with Crippen LogP contribution in [0.25, 0.3) is 10.2 Å². The van der Waals surface area contributed by atoms with Crippen LogP contribution < -0.4 is 14.4 Å². The summed E-state index contributed by atoms with van der Waals surface area (Å²) in [5.74, 6) is 1.33. The molecule has 2 aromatic carbocycles. The Hall–Kier alpha value is -2.90. The lowest BCUT2D eigenvalue weighted by Crippen LogP contribution is -2.30. The average molecular weight is 409 g/mol. The molecule has 0 radical (unpaired) electrons. The van der Waals surface area contributed by atoms with Gasteiger partial charge in [-0.05, 0) is 41.8 Å². The summed E-state index contributed by atoms with van der Waals surface area (Å²) in [5.41, 5.74) is 4.13. The Balaban J connectivity index is 1.54. The van der Waals surface area contributed by atoms with Crippen LogP contribution in [0, 0.1) is 0 Å². The first kappa shape index (κ1) is 17.2. The molecule has 0 saturated carbocycles. The van der Waals surface area contributed by atoms with Crippen molar-refractivity contribution in [2.75, 3.05) is 18.1 Å². The van der Waals surface area contributed by atoms with Gasteiger partial charge in [0.25, 0.3) is 5.91 Å². The maximum absolute atomic E-state index is 13.4. The van der Waals surface area contributed by atoms with Crippen molar-refractivity contribution in [3.8, 4) is 11.5 Å². The molecule has 1 aliphatic heterocycles. The number of nitrogens with zero attached hydrogens (tertiary/aromatic N) is 2. The van der Waals surface area contributed by atoms with Crippen LogP contribution >= 0.6 is 22.7 Å².